The van der Waals surface area contributed by atoms with E-state index in [-0.39, 0.29) is 18.8 Å². The molecular weight excluding hydrogens is 317 g/mol. The van der Waals surface area contributed by atoms with Crippen molar-refractivity contribution in [1.29, 1.82) is 0 Å². The maximum atomic E-state index is 13.4. The largest absolute Gasteiger partial charge is 0.325 e. The Kier molecular flexibility index (Phi) is 4.23. The monoisotopic (exact) mass is 327 g/mol. The number of aromatic nitrogens is 3. The van der Waals surface area contributed by atoms with Gasteiger partial charge in [-0.25, -0.2) is 9.07 Å². The van der Waals surface area contributed by atoms with Crippen LogP contribution in [0.1, 0.15) is 5.69 Å². The molecule has 2 aromatic rings. The molecule has 1 amide bonds. The van der Waals surface area contributed by atoms with Gasteiger partial charge in [-0.05, 0) is 18.2 Å². The molecule has 0 aliphatic rings. The summed E-state index contributed by atoms with van der Waals surface area (Å²) < 4.78 is 15.5. The summed E-state index contributed by atoms with van der Waals surface area (Å²) in [4.78, 5) is 11.7. The Morgan fingerprint density at radius 3 is 3.00 bits per heavy atom. The number of anilines is 1. The van der Waals surface area contributed by atoms with Crippen LogP contribution in [-0.4, -0.2) is 20.9 Å². The summed E-state index contributed by atoms with van der Waals surface area (Å²) in [5, 5.41) is 9.95. The van der Waals surface area contributed by atoms with Crippen LogP contribution >= 0.6 is 15.9 Å². The third-order valence-electron chi connectivity index (χ3n) is 2.30. The van der Waals surface area contributed by atoms with Crippen LogP contribution in [0.2, 0.25) is 0 Å². The molecule has 0 aliphatic carbocycles. The zero-order valence-electron chi connectivity index (χ0n) is 9.81. The number of benzene rings is 1. The highest BCUT2D eigenvalue weighted by Gasteiger charge is 2.09. The van der Waals surface area contributed by atoms with E-state index >= 15 is 0 Å². The summed E-state index contributed by atoms with van der Waals surface area (Å²) in [6.07, 6.45) is 1.57. The zero-order chi connectivity index (χ0) is 13.8. The molecule has 0 radical (unpaired) electrons. The highest BCUT2D eigenvalue weighted by Crippen LogP contribution is 2.19. The van der Waals surface area contributed by atoms with Crippen molar-refractivity contribution < 1.29 is 9.18 Å². The average Bonchev–Trinajstić information content (AvgIpc) is 2.81. The van der Waals surface area contributed by atoms with Crippen LogP contribution < -0.4 is 11.1 Å². The minimum atomic E-state index is -0.502. The Bertz CT molecular complexity index is 601. The number of nitrogens with two attached hydrogens (primary N) is 1. The number of carbonyl (C=O) groups excluding carboxylic acids is 1. The molecule has 0 atom stereocenters. The van der Waals surface area contributed by atoms with Crippen molar-refractivity contribution >= 4 is 27.5 Å². The minimum absolute atomic E-state index is 0.0566. The first-order valence-electron chi connectivity index (χ1n) is 5.42. The third kappa shape index (κ3) is 3.58. The maximum absolute atomic E-state index is 13.4. The lowest BCUT2D eigenvalue weighted by Crippen LogP contribution is -2.19. The Labute approximate surface area is 116 Å². The van der Waals surface area contributed by atoms with Crippen LogP contribution in [-0.2, 0) is 17.9 Å². The van der Waals surface area contributed by atoms with Crippen LogP contribution in [0.4, 0.5) is 10.1 Å². The van der Waals surface area contributed by atoms with Crippen molar-refractivity contribution in [3.8, 4) is 0 Å². The van der Waals surface area contributed by atoms with E-state index in [2.05, 4.69) is 31.6 Å². The van der Waals surface area contributed by atoms with Gasteiger partial charge in [0, 0.05) is 11.0 Å². The average molecular weight is 328 g/mol. The van der Waals surface area contributed by atoms with Crippen molar-refractivity contribution in [2.75, 3.05) is 5.32 Å². The van der Waals surface area contributed by atoms with Gasteiger partial charge in [0.2, 0.25) is 5.91 Å². The number of halogens is 2. The summed E-state index contributed by atoms with van der Waals surface area (Å²) in [7, 11) is 0. The second kappa shape index (κ2) is 5.89. The molecule has 1 aromatic carbocycles. The van der Waals surface area contributed by atoms with Crippen molar-refractivity contribution in [2.24, 2.45) is 5.73 Å². The predicted octanol–water partition coefficient (Wildman–Crippen LogP) is 1.28. The summed E-state index contributed by atoms with van der Waals surface area (Å²) in [6.45, 7) is 0.195. The second-order valence-corrected chi connectivity index (χ2v) is 4.70. The lowest BCUT2D eigenvalue weighted by molar-refractivity contribution is -0.116. The van der Waals surface area contributed by atoms with Gasteiger partial charge in [0.15, 0.2) is 0 Å². The molecule has 0 unspecified atom stereocenters. The van der Waals surface area contributed by atoms with E-state index < -0.39 is 11.7 Å². The number of hydrogen-bond acceptors (Lipinski definition) is 4. The Balaban J connectivity index is 2.03. The normalized spacial score (nSPS) is 10.5. The second-order valence-electron chi connectivity index (χ2n) is 3.78. The van der Waals surface area contributed by atoms with Crippen molar-refractivity contribution in [3.05, 3.63) is 40.4 Å². The molecule has 1 aromatic heterocycles. The number of nitrogens with zero attached hydrogens (tertiary/aromatic N) is 3. The summed E-state index contributed by atoms with van der Waals surface area (Å²) in [6, 6.07) is 4.30. The molecule has 0 fully saturated rings. The van der Waals surface area contributed by atoms with Gasteiger partial charge in [-0.3, -0.25) is 4.79 Å². The molecule has 8 heteroatoms. The molecule has 0 saturated heterocycles. The SMILES string of the molecule is NCc1cn(CC(=O)Nc2cc(Br)ccc2F)nn1. The fraction of sp³-hybridized carbons (Fsp3) is 0.182. The topological polar surface area (TPSA) is 85.8 Å². The maximum Gasteiger partial charge on any atom is 0.246 e. The van der Waals surface area contributed by atoms with Gasteiger partial charge >= 0.3 is 0 Å². The Hall–Kier alpha value is -1.80. The zero-order valence-corrected chi connectivity index (χ0v) is 11.4. The highest BCUT2D eigenvalue weighted by molar-refractivity contribution is 9.10. The number of hydrogen-bond donors (Lipinski definition) is 2. The molecular formula is C11H11BrFN5O. The van der Waals surface area contributed by atoms with E-state index in [1.807, 2.05) is 0 Å². The number of carbonyl (C=O) groups is 1. The molecule has 2 rings (SSSR count). The quantitative estimate of drug-likeness (QED) is 0.885. The molecule has 0 spiro atoms. The molecule has 1 heterocycles. The van der Waals surface area contributed by atoms with E-state index in [0.717, 1.165) is 0 Å². The van der Waals surface area contributed by atoms with Gasteiger partial charge < -0.3 is 11.1 Å². The minimum Gasteiger partial charge on any atom is -0.325 e. The van der Waals surface area contributed by atoms with Crippen LogP contribution in [0, 0.1) is 5.82 Å². The number of amides is 1. The van der Waals surface area contributed by atoms with E-state index in [1.165, 1.54) is 16.8 Å². The smallest absolute Gasteiger partial charge is 0.246 e. The van der Waals surface area contributed by atoms with E-state index in [1.54, 1.807) is 12.3 Å². The lowest BCUT2D eigenvalue weighted by atomic mass is 10.3. The fourth-order valence-corrected chi connectivity index (χ4v) is 1.80. The van der Waals surface area contributed by atoms with Crippen molar-refractivity contribution in [1.82, 2.24) is 15.0 Å². The first-order valence-corrected chi connectivity index (χ1v) is 6.22. The predicted molar refractivity (Wildman–Crippen MR) is 70.6 cm³/mol. The Morgan fingerprint density at radius 1 is 1.53 bits per heavy atom. The molecule has 3 N–H and O–H groups in total. The molecule has 100 valence electrons. The van der Waals surface area contributed by atoms with Gasteiger partial charge in [0.05, 0.1) is 17.6 Å². The van der Waals surface area contributed by atoms with Gasteiger partial charge in [-0.15, -0.1) is 5.10 Å². The first kappa shape index (κ1) is 13.6. The van der Waals surface area contributed by atoms with Gasteiger partial charge in [0.1, 0.15) is 12.4 Å². The number of nitrogens with one attached hydrogen (secondary N) is 1. The first-order chi connectivity index (χ1) is 9.08. The third-order valence-corrected chi connectivity index (χ3v) is 2.80. The van der Waals surface area contributed by atoms with Crippen LogP contribution in [0.25, 0.3) is 0 Å². The summed E-state index contributed by atoms with van der Waals surface area (Å²) in [5.41, 5.74) is 6.08. The summed E-state index contributed by atoms with van der Waals surface area (Å²) in [5.74, 6) is -0.900. The molecule has 0 bridgehead atoms. The molecule has 0 aliphatic heterocycles. The van der Waals surface area contributed by atoms with Crippen LogP contribution in [0.5, 0.6) is 0 Å². The van der Waals surface area contributed by atoms with Gasteiger partial charge in [-0.2, -0.15) is 0 Å². The highest BCUT2D eigenvalue weighted by atomic mass is 79.9. The molecule has 19 heavy (non-hydrogen) atoms. The van der Waals surface area contributed by atoms with Gasteiger partial charge in [0.25, 0.3) is 0 Å². The van der Waals surface area contributed by atoms with Gasteiger partial charge in [-0.1, -0.05) is 21.1 Å². The number of rotatable bonds is 4. The molecule has 0 saturated carbocycles. The van der Waals surface area contributed by atoms with Crippen LogP contribution in [0.15, 0.2) is 28.9 Å². The van der Waals surface area contributed by atoms with Crippen molar-refractivity contribution in [3.63, 3.8) is 0 Å². The van der Waals surface area contributed by atoms with E-state index in [0.29, 0.717) is 10.2 Å². The van der Waals surface area contributed by atoms with Crippen LogP contribution in [0.3, 0.4) is 0 Å². The lowest BCUT2D eigenvalue weighted by Gasteiger charge is -2.06. The van der Waals surface area contributed by atoms with E-state index in [4.69, 9.17) is 5.73 Å². The van der Waals surface area contributed by atoms with E-state index in [9.17, 15) is 9.18 Å². The van der Waals surface area contributed by atoms with Crippen molar-refractivity contribution in [2.45, 2.75) is 13.1 Å². The molecule has 6 nitrogen and oxygen atoms in total. The Morgan fingerprint density at radius 2 is 2.32 bits per heavy atom. The standard InChI is InChI=1S/C11H11BrFN5O/c12-7-1-2-9(13)10(3-7)15-11(19)6-18-5-8(4-14)16-17-18/h1-3,5H,4,6,14H2,(H,15,19). The fourth-order valence-electron chi connectivity index (χ4n) is 1.44. The summed E-state index contributed by atoms with van der Waals surface area (Å²) >= 11 is 3.21.